The smallest absolute Gasteiger partial charge is 0.689 e. The van der Waals surface area contributed by atoms with E-state index in [0.717, 1.165) is 0 Å². The summed E-state index contributed by atoms with van der Waals surface area (Å²) in [4.78, 5) is 0. The summed E-state index contributed by atoms with van der Waals surface area (Å²) in [5, 5.41) is 73.5. The zero-order valence-electron chi connectivity index (χ0n) is 9.76. The molecule has 116 valence electrons. The predicted octanol–water partition coefficient (Wildman–Crippen LogP) is -9.53. The molecule has 0 aliphatic heterocycles. The van der Waals surface area contributed by atoms with Gasteiger partial charge in [-0.05, 0) is 75.6 Å². The van der Waals surface area contributed by atoms with Crippen LogP contribution in [0.4, 0.5) is 0 Å². The van der Waals surface area contributed by atoms with Crippen LogP contribution in [0.25, 0.3) is 0 Å². The van der Waals surface area contributed by atoms with Gasteiger partial charge in [-0.2, -0.15) is 0 Å². The van der Waals surface area contributed by atoms with Crippen LogP contribution in [0.2, 0.25) is 0 Å². The minimum absolute atomic E-state index is 0. The second-order valence-corrected chi connectivity index (χ2v) is 1.16. The Labute approximate surface area is 134 Å². The van der Waals surface area contributed by atoms with Crippen molar-refractivity contribution in [3.63, 3.8) is 0 Å². The zero-order chi connectivity index (χ0) is 14.0. The molecule has 0 amide bonds. The molecule has 0 saturated carbocycles. The third-order valence-corrected chi connectivity index (χ3v) is 0.444. The molecular formula is Li2O19. The van der Waals surface area contributed by atoms with Gasteiger partial charge in [-0.3, -0.25) is 10.1 Å². The van der Waals surface area contributed by atoms with E-state index in [9.17, 15) is 0 Å². The standard InChI is InChI=1S/2Li.H2O19/c;;1-3-5-7-9-11-13-15-17-19-18-16-14-12-10-8-6-4-2/h;;1-2H/q2*+1;/p-2. The average Bonchev–Trinajstić information content (AvgIpc) is 2.43. The second-order valence-electron chi connectivity index (χ2n) is 1.16. The third kappa shape index (κ3) is 25.7. The summed E-state index contributed by atoms with van der Waals surface area (Å²) in [7, 11) is 0. The Kier molecular flexibility index (Phi) is 31.8. The Bertz CT molecular complexity index is 133. The van der Waals surface area contributed by atoms with Crippen molar-refractivity contribution >= 4 is 0 Å². The van der Waals surface area contributed by atoms with Crippen molar-refractivity contribution in [1.29, 1.82) is 0 Å². The number of rotatable bonds is 16. The maximum Gasteiger partial charge on any atom is 1.00 e. The fourth-order valence-electron chi connectivity index (χ4n) is 0.170. The monoisotopic (exact) mass is 318 g/mol. The average molecular weight is 318 g/mol. The van der Waals surface area contributed by atoms with Gasteiger partial charge in [0.15, 0.2) is 0 Å². The molecule has 0 atom stereocenters. The van der Waals surface area contributed by atoms with E-state index in [4.69, 9.17) is 10.5 Å². The van der Waals surface area contributed by atoms with Crippen molar-refractivity contribution < 1.29 is 134 Å². The number of hydrogen-bond donors (Lipinski definition) is 0. The van der Waals surface area contributed by atoms with Crippen LogP contribution < -0.4 is 48.2 Å². The molecular weight excluding hydrogens is 318 g/mol. The molecule has 19 nitrogen and oxygen atoms in total. The number of hydrogen-bond acceptors (Lipinski definition) is 19. The van der Waals surface area contributed by atoms with Gasteiger partial charge in [0, 0.05) is 0 Å². The van der Waals surface area contributed by atoms with Crippen molar-refractivity contribution in [2.24, 2.45) is 0 Å². The fraction of sp³-hybridized carbons (Fsp3) is 0. The first-order valence-corrected chi connectivity index (χ1v) is 3.00. The molecule has 0 saturated heterocycles. The molecule has 0 aromatic rings. The van der Waals surface area contributed by atoms with Crippen molar-refractivity contribution in [2.75, 3.05) is 0 Å². The molecule has 21 heavy (non-hydrogen) atoms. The first-order chi connectivity index (χ1) is 9.41. The van der Waals surface area contributed by atoms with Crippen molar-refractivity contribution in [1.82, 2.24) is 0 Å². The van der Waals surface area contributed by atoms with Crippen LogP contribution in [-0.4, -0.2) is 0 Å². The van der Waals surface area contributed by atoms with Gasteiger partial charge < -0.3 is 10.5 Å². The second kappa shape index (κ2) is 25.4. The van der Waals surface area contributed by atoms with E-state index in [1.54, 1.807) is 0 Å². The summed E-state index contributed by atoms with van der Waals surface area (Å²) in [6.45, 7) is 0. The Hall–Kier alpha value is 0.435. The summed E-state index contributed by atoms with van der Waals surface area (Å²) in [6.07, 6.45) is 0. The first-order valence-electron chi connectivity index (χ1n) is 3.00. The molecule has 0 aromatic heterocycles. The van der Waals surface area contributed by atoms with Gasteiger partial charge in [-0.15, -0.1) is 0 Å². The summed E-state index contributed by atoms with van der Waals surface area (Å²) in [5.74, 6) is 0. The van der Waals surface area contributed by atoms with E-state index in [-0.39, 0.29) is 37.7 Å². The molecule has 21 heteroatoms. The van der Waals surface area contributed by atoms with Crippen LogP contribution >= 0.6 is 0 Å². The van der Waals surface area contributed by atoms with Crippen molar-refractivity contribution in [3.05, 3.63) is 0 Å². The zero-order valence-corrected chi connectivity index (χ0v) is 9.76. The fourth-order valence-corrected chi connectivity index (χ4v) is 0.170. The maximum atomic E-state index is 9.07. The van der Waals surface area contributed by atoms with Crippen LogP contribution in [0.3, 0.4) is 0 Å². The molecule has 0 fully saturated rings. The SMILES string of the molecule is [Li+].[Li+].[O-]OOOOOOOOOOOOOOOOO[O-]. The molecule has 0 heterocycles. The van der Waals surface area contributed by atoms with Gasteiger partial charge in [-0.25, -0.2) is 0 Å². The minimum Gasteiger partial charge on any atom is -0.689 e. The molecule has 0 radical (unpaired) electrons. The van der Waals surface area contributed by atoms with Gasteiger partial charge in [0.05, 0.1) is 0 Å². The minimum atomic E-state index is 0. The van der Waals surface area contributed by atoms with E-state index in [1.165, 1.54) is 0 Å². The van der Waals surface area contributed by atoms with Gasteiger partial charge >= 0.3 is 37.7 Å². The van der Waals surface area contributed by atoms with Gasteiger partial charge in [0.1, 0.15) is 0 Å². The predicted molar refractivity (Wildman–Crippen MR) is 18.4 cm³/mol. The van der Waals surface area contributed by atoms with E-state index in [0.29, 0.717) is 0 Å². The molecule has 0 rings (SSSR count). The van der Waals surface area contributed by atoms with Crippen LogP contribution in [-0.2, 0) is 85.7 Å². The van der Waals surface area contributed by atoms with E-state index in [1.807, 2.05) is 0 Å². The maximum absolute atomic E-state index is 9.07. The molecule has 0 N–H and O–H groups in total. The molecule has 0 unspecified atom stereocenters. The van der Waals surface area contributed by atoms with Crippen molar-refractivity contribution in [3.8, 4) is 0 Å². The van der Waals surface area contributed by atoms with Crippen LogP contribution in [0, 0.1) is 0 Å². The molecule has 0 aliphatic carbocycles. The third-order valence-electron chi connectivity index (χ3n) is 0.444. The summed E-state index contributed by atoms with van der Waals surface area (Å²) < 4.78 is 0. The molecule has 0 bridgehead atoms. The molecule has 0 aromatic carbocycles. The normalized spacial score (nSPS) is 10.0. The van der Waals surface area contributed by atoms with Crippen LogP contribution in [0.15, 0.2) is 0 Å². The summed E-state index contributed by atoms with van der Waals surface area (Å²) in [5.41, 5.74) is 0. The van der Waals surface area contributed by atoms with E-state index < -0.39 is 0 Å². The van der Waals surface area contributed by atoms with Gasteiger partial charge in [0.25, 0.3) is 0 Å². The van der Waals surface area contributed by atoms with E-state index in [2.05, 4.69) is 85.7 Å². The van der Waals surface area contributed by atoms with Crippen molar-refractivity contribution in [2.45, 2.75) is 0 Å². The quantitative estimate of drug-likeness (QED) is 0.112. The topological polar surface area (TPSA) is 203 Å². The molecule has 0 aliphatic rings. The Morgan fingerprint density at radius 1 is 0.286 bits per heavy atom. The Morgan fingerprint density at radius 3 is 0.571 bits per heavy atom. The summed E-state index contributed by atoms with van der Waals surface area (Å²) >= 11 is 0. The first kappa shape index (κ1) is 26.3. The largest absolute Gasteiger partial charge is 1.00 e. The molecule has 0 spiro atoms. The Balaban J connectivity index is -0.00000162. The van der Waals surface area contributed by atoms with Gasteiger partial charge in [0.2, 0.25) is 0 Å². The Morgan fingerprint density at radius 2 is 0.429 bits per heavy atom. The van der Waals surface area contributed by atoms with Gasteiger partial charge in [-0.1, -0.05) is 0 Å². The van der Waals surface area contributed by atoms with Crippen LogP contribution in [0.5, 0.6) is 0 Å². The van der Waals surface area contributed by atoms with E-state index >= 15 is 0 Å². The summed E-state index contributed by atoms with van der Waals surface area (Å²) in [6, 6.07) is 0. The van der Waals surface area contributed by atoms with Crippen LogP contribution in [0.1, 0.15) is 0 Å².